The molecule has 2 aromatic heterocycles. The summed E-state index contributed by atoms with van der Waals surface area (Å²) in [5.41, 5.74) is 0.296. The van der Waals surface area contributed by atoms with Crippen molar-refractivity contribution in [3.8, 4) is 11.4 Å². The largest absolute Gasteiger partial charge is 0.627 e. The third-order valence-electron chi connectivity index (χ3n) is 4.46. The third kappa shape index (κ3) is 2.10. The van der Waals surface area contributed by atoms with Gasteiger partial charge in [0.25, 0.3) is 0 Å². The van der Waals surface area contributed by atoms with Crippen molar-refractivity contribution in [3.05, 3.63) is 58.3 Å². The standard InChI is InChI=1S/C17H16N4O3/c22-15-13-16(19-9-8-18-13)20(12-6-2-1-3-7-12)17(23)14(15)21(24)10-4-5-11-21/h1-3,6-9,22H,4-5,10-11H2. The molecule has 0 aliphatic carbocycles. The minimum absolute atomic E-state index is 0.149. The Morgan fingerprint density at radius 2 is 1.75 bits per heavy atom. The molecule has 0 atom stereocenters. The van der Waals surface area contributed by atoms with Crippen LogP contribution >= 0.6 is 0 Å². The number of hydrogen-bond acceptors (Lipinski definition) is 5. The Labute approximate surface area is 137 Å². The lowest BCUT2D eigenvalue weighted by Crippen LogP contribution is -2.44. The lowest BCUT2D eigenvalue weighted by atomic mass is 10.2. The molecule has 1 aliphatic rings. The van der Waals surface area contributed by atoms with Crippen LogP contribution in [0.15, 0.2) is 47.5 Å². The van der Waals surface area contributed by atoms with Crippen molar-refractivity contribution in [3.63, 3.8) is 0 Å². The van der Waals surface area contributed by atoms with Gasteiger partial charge in [0.15, 0.2) is 11.2 Å². The molecule has 4 rings (SSSR count). The average molecular weight is 324 g/mol. The molecule has 7 heteroatoms. The lowest BCUT2D eigenvalue weighted by molar-refractivity contribution is 0.409. The summed E-state index contributed by atoms with van der Waals surface area (Å²) < 4.78 is 0.539. The monoisotopic (exact) mass is 324 g/mol. The smallest absolute Gasteiger partial charge is 0.322 e. The summed E-state index contributed by atoms with van der Waals surface area (Å²) in [5, 5.41) is 23.7. The van der Waals surface area contributed by atoms with Gasteiger partial charge in [0, 0.05) is 25.2 Å². The number of aromatic nitrogens is 3. The number of rotatable bonds is 2. The molecule has 1 N–H and O–H groups in total. The van der Waals surface area contributed by atoms with Crippen LogP contribution in [0.5, 0.6) is 5.75 Å². The maximum atomic E-state index is 13.1. The van der Waals surface area contributed by atoms with Gasteiger partial charge in [0.1, 0.15) is 0 Å². The zero-order valence-electron chi connectivity index (χ0n) is 12.9. The molecule has 3 heterocycles. The Kier molecular flexibility index (Phi) is 3.33. The van der Waals surface area contributed by atoms with Crippen LogP contribution in [0.4, 0.5) is 5.69 Å². The maximum Gasteiger partial charge on any atom is 0.322 e. The summed E-state index contributed by atoms with van der Waals surface area (Å²) >= 11 is 0. The van der Waals surface area contributed by atoms with E-state index in [0.29, 0.717) is 5.69 Å². The van der Waals surface area contributed by atoms with E-state index in [4.69, 9.17) is 0 Å². The first kappa shape index (κ1) is 14.8. The first-order valence-electron chi connectivity index (χ1n) is 7.84. The highest BCUT2D eigenvalue weighted by atomic mass is 16.5. The molecular weight excluding hydrogens is 308 g/mol. The molecule has 0 amide bonds. The summed E-state index contributed by atoms with van der Waals surface area (Å²) in [6.45, 7) is 0.562. The molecule has 7 nitrogen and oxygen atoms in total. The van der Waals surface area contributed by atoms with Gasteiger partial charge in [-0.05, 0) is 12.1 Å². The highest BCUT2D eigenvalue weighted by Crippen LogP contribution is 2.36. The SMILES string of the molecule is O=c1c([N+]2([O-])CCCC2)c(O)c2nccnc2n1-c1ccccc1. The zero-order chi connectivity index (χ0) is 16.7. The Hall–Kier alpha value is -2.77. The van der Waals surface area contributed by atoms with E-state index in [1.165, 1.54) is 17.0 Å². The van der Waals surface area contributed by atoms with Gasteiger partial charge in [-0.15, -0.1) is 0 Å². The molecule has 1 saturated heterocycles. The van der Waals surface area contributed by atoms with Crippen molar-refractivity contribution in [1.82, 2.24) is 19.2 Å². The van der Waals surface area contributed by atoms with E-state index in [9.17, 15) is 15.1 Å². The van der Waals surface area contributed by atoms with Crippen molar-refractivity contribution >= 4 is 16.9 Å². The van der Waals surface area contributed by atoms with Crippen LogP contribution in [0.25, 0.3) is 16.9 Å². The Bertz CT molecular complexity index is 963. The molecule has 0 saturated carbocycles. The van der Waals surface area contributed by atoms with Crippen molar-refractivity contribution in [2.75, 3.05) is 13.1 Å². The fourth-order valence-corrected chi connectivity index (χ4v) is 3.33. The van der Waals surface area contributed by atoms with E-state index in [1.807, 2.05) is 6.07 Å². The number of para-hydroxylation sites is 1. The topological polar surface area (TPSA) is 91.1 Å². The van der Waals surface area contributed by atoms with Crippen LogP contribution in [0.1, 0.15) is 12.8 Å². The van der Waals surface area contributed by atoms with E-state index in [0.717, 1.165) is 12.8 Å². The van der Waals surface area contributed by atoms with Crippen molar-refractivity contribution < 1.29 is 5.11 Å². The molecular formula is C17H16N4O3. The Morgan fingerprint density at radius 3 is 2.46 bits per heavy atom. The molecule has 0 spiro atoms. The van der Waals surface area contributed by atoms with Gasteiger partial charge in [0.2, 0.25) is 11.4 Å². The van der Waals surface area contributed by atoms with Crippen molar-refractivity contribution in [2.45, 2.75) is 12.8 Å². The van der Waals surface area contributed by atoms with E-state index in [2.05, 4.69) is 9.97 Å². The van der Waals surface area contributed by atoms with Gasteiger partial charge in [-0.2, -0.15) is 0 Å². The minimum Gasteiger partial charge on any atom is -0.627 e. The Balaban J connectivity index is 2.14. The molecule has 122 valence electrons. The summed E-state index contributed by atoms with van der Waals surface area (Å²) in [6.07, 6.45) is 4.35. The normalized spacial score (nSPS) is 16.5. The first-order chi connectivity index (χ1) is 11.6. The molecule has 1 aromatic carbocycles. The molecule has 0 bridgehead atoms. The summed E-state index contributed by atoms with van der Waals surface area (Å²) in [5.74, 6) is -0.354. The highest BCUT2D eigenvalue weighted by Gasteiger charge is 2.35. The molecule has 3 aromatic rings. The quantitative estimate of drug-likeness (QED) is 0.576. The minimum atomic E-state index is -0.815. The molecule has 0 unspecified atom stereocenters. The number of hydroxylamine groups is 2. The van der Waals surface area contributed by atoms with Crippen molar-refractivity contribution in [2.24, 2.45) is 0 Å². The summed E-state index contributed by atoms with van der Waals surface area (Å²) in [4.78, 5) is 21.5. The fraction of sp³-hybridized carbons (Fsp3) is 0.235. The van der Waals surface area contributed by atoms with E-state index in [-0.39, 0.29) is 35.7 Å². The summed E-state index contributed by atoms with van der Waals surface area (Å²) in [6, 6.07) is 8.96. The van der Waals surface area contributed by atoms with E-state index < -0.39 is 10.2 Å². The average Bonchev–Trinajstić information content (AvgIpc) is 3.03. The van der Waals surface area contributed by atoms with Crippen LogP contribution in [-0.4, -0.2) is 32.7 Å². The molecule has 1 fully saturated rings. The number of fused-ring (bicyclic) bond motifs is 1. The maximum absolute atomic E-state index is 13.1. The number of quaternary nitrogens is 1. The summed E-state index contributed by atoms with van der Waals surface area (Å²) in [7, 11) is 0. The van der Waals surface area contributed by atoms with Gasteiger partial charge >= 0.3 is 5.56 Å². The number of aromatic hydroxyl groups is 1. The van der Waals surface area contributed by atoms with Gasteiger partial charge in [-0.3, -0.25) is 9.36 Å². The number of benzene rings is 1. The second kappa shape index (κ2) is 5.40. The second-order valence-electron chi connectivity index (χ2n) is 5.95. The van der Waals surface area contributed by atoms with Crippen LogP contribution < -0.4 is 10.2 Å². The molecule has 0 radical (unpaired) electrons. The molecule has 24 heavy (non-hydrogen) atoms. The van der Waals surface area contributed by atoms with Gasteiger partial charge in [-0.1, -0.05) is 18.2 Å². The van der Waals surface area contributed by atoms with E-state index >= 15 is 0 Å². The van der Waals surface area contributed by atoms with Crippen LogP contribution in [0.2, 0.25) is 0 Å². The third-order valence-corrected chi connectivity index (χ3v) is 4.46. The van der Waals surface area contributed by atoms with Crippen LogP contribution in [-0.2, 0) is 0 Å². The van der Waals surface area contributed by atoms with E-state index in [1.54, 1.807) is 24.3 Å². The second-order valence-corrected chi connectivity index (χ2v) is 5.95. The van der Waals surface area contributed by atoms with Crippen LogP contribution in [0, 0.1) is 5.21 Å². The van der Waals surface area contributed by atoms with Gasteiger partial charge in [0.05, 0.1) is 18.8 Å². The first-order valence-corrected chi connectivity index (χ1v) is 7.84. The lowest BCUT2D eigenvalue weighted by Gasteiger charge is -2.37. The molecule has 1 aliphatic heterocycles. The number of nitrogens with zero attached hydrogens (tertiary/aromatic N) is 4. The van der Waals surface area contributed by atoms with Crippen LogP contribution in [0.3, 0.4) is 0 Å². The number of pyridine rings is 1. The van der Waals surface area contributed by atoms with Crippen molar-refractivity contribution in [1.29, 1.82) is 0 Å². The predicted octanol–water partition coefficient (Wildman–Crippen LogP) is 2.09. The zero-order valence-corrected chi connectivity index (χ0v) is 12.9. The van der Waals surface area contributed by atoms with Gasteiger partial charge < -0.3 is 15.0 Å². The fourth-order valence-electron chi connectivity index (χ4n) is 3.33. The number of hydrogen-bond donors (Lipinski definition) is 1. The highest BCUT2D eigenvalue weighted by molar-refractivity contribution is 5.85. The predicted molar refractivity (Wildman–Crippen MR) is 90.9 cm³/mol. The van der Waals surface area contributed by atoms with Gasteiger partial charge in [-0.25, -0.2) is 9.97 Å². The Morgan fingerprint density at radius 1 is 1.08 bits per heavy atom.